The second-order valence-corrected chi connectivity index (χ2v) is 3.61. The van der Waals surface area contributed by atoms with E-state index >= 15 is 0 Å². The fourth-order valence-electron chi connectivity index (χ4n) is 1.36. The molecule has 0 aliphatic carbocycles. The molecule has 0 bridgehead atoms. The third kappa shape index (κ3) is 2.25. The predicted octanol–water partition coefficient (Wildman–Crippen LogP) is 1.28. The molecule has 2 aromatic rings. The lowest BCUT2D eigenvalue weighted by Gasteiger charge is -2.04. The first-order valence-electron chi connectivity index (χ1n) is 4.92. The Morgan fingerprint density at radius 1 is 1.38 bits per heavy atom. The minimum atomic E-state index is -0.200. The molecule has 0 aliphatic rings. The Morgan fingerprint density at radius 2 is 2.19 bits per heavy atom. The second kappa shape index (κ2) is 4.14. The first-order chi connectivity index (χ1) is 7.65. The Hall–Kier alpha value is -2.17. The van der Waals surface area contributed by atoms with Gasteiger partial charge in [-0.05, 0) is 31.2 Å². The van der Waals surface area contributed by atoms with Crippen LogP contribution in [0, 0.1) is 13.8 Å². The molecular formula is C11H12N4O. The van der Waals surface area contributed by atoms with Gasteiger partial charge in [-0.2, -0.15) is 4.79 Å². The highest BCUT2D eigenvalue weighted by Crippen LogP contribution is 2.03. The van der Waals surface area contributed by atoms with Crippen LogP contribution in [0.1, 0.15) is 21.6 Å². The van der Waals surface area contributed by atoms with Gasteiger partial charge < -0.3 is 0 Å². The Labute approximate surface area is 93.1 Å². The summed E-state index contributed by atoms with van der Waals surface area (Å²) < 4.78 is 0. The van der Waals surface area contributed by atoms with Gasteiger partial charge in [0.15, 0.2) is 0 Å². The number of benzene rings is 1. The molecule has 1 aromatic heterocycles. The number of nitrogens with one attached hydrogen (secondary N) is 1. The SMILES string of the molecule is Cc1cccc(C(=O)Nn2cc(C)nn2)c1. The number of hydrogen-bond donors (Lipinski definition) is 1. The van der Waals surface area contributed by atoms with Crippen LogP contribution >= 0.6 is 0 Å². The van der Waals surface area contributed by atoms with E-state index in [-0.39, 0.29) is 5.91 Å². The zero-order valence-corrected chi connectivity index (χ0v) is 9.14. The number of aryl methyl sites for hydroxylation is 2. The maximum absolute atomic E-state index is 11.8. The van der Waals surface area contributed by atoms with Crippen molar-refractivity contribution in [3.05, 3.63) is 47.3 Å². The average Bonchev–Trinajstić information content (AvgIpc) is 2.64. The fraction of sp³-hybridized carbons (Fsp3) is 0.182. The van der Waals surface area contributed by atoms with E-state index in [1.807, 2.05) is 32.0 Å². The maximum Gasteiger partial charge on any atom is 0.271 e. The number of rotatable bonds is 2. The zero-order chi connectivity index (χ0) is 11.5. The first-order valence-corrected chi connectivity index (χ1v) is 4.92. The predicted molar refractivity (Wildman–Crippen MR) is 59.6 cm³/mol. The van der Waals surface area contributed by atoms with E-state index < -0.39 is 0 Å². The molecule has 2 rings (SSSR count). The van der Waals surface area contributed by atoms with Gasteiger partial charge in [-0.1, -0.05) is 17.7 Å². The van der Waals surface area contributed by atoms with E-state index in [2.05, 4.69) is 15.7 Å². The molecule has 82 valence electrons. The summed E-state index contributed by atoms with van der Waals surface area (Å²) in [5.41, 5.74) is 5.01. The Balaban J connectivity index is 2.14. The van der Waals surface area contributed by atoms with Crippen LogP contribution in [0.25, 0.3) is 0 Å². The molecule has 0 saturated heterocycles. The van der Waals surface area contributed by atoms with Crippen LogP contribution in [0.3, 0.4) is 0 Å². The first kappa shape index (κ1) is 10.4. The minimum absolute atomic E-state index is 0.200. The zero-order valence-electron chi connectivity index (χ0n) is 9.14. The molecule has 0 aliphatic heterocycles. The van der Waals surface area contributed by atoms with Gasteiger partial charge in [-0.3, -0.25) is 4.79 Å². The summed E-state index contributed by atoms with van der Waals surface area (Å²) >= 11 is 0. The molecule has 5 nitrogen and oxygen atoms in total. The van der Waals surface area contributed by atoms with Crippen LogP contribution in [0.5, 0.6) is 0 Å². The van der Waals surface area contributed by atoms with Crippen molar-refractivity contribution in [3.8, 4) is 0 Å². The monoisotopic (exact) mass is 216 g/mol. The van der Waals surface area contributed by atoms with E-state index in [9.17, 15) is 4.79 Å². The second-order valence-electron chi connectivity index (χ2n) is 3.61. The third-order valence-electron chi connectivity index (χ3n) is 2.10. The number of carbonyl (C=O) groups is 1. The van der Waals surface area contributed by atoms with Crippen LogP contribution in [0.2, 0.25) is 0 Å². The van der Waals surface area contributed by atoms with Crippen molar-refractivity contribution in [3.63, 3.8) is 0 Å². The van der Waals surface area contributed by atoms with Crippen molar-refractivity contribution < 1.29 is 4.79 Å². The molecule has 0 saturated carbocycles. The standard InChI is InChI=1S/C11H12N4O/c1-8-4-3-5-10(6-8)11(16)13-15-7-9(2)12-14-15/h3-7H,1-2H3,(H,13,16). The molecular weight excluding hydrogens is 204 g/mol. The van der Waals surface area contributed by atoms with Crippen LogP contribution in [-0.4, -0.2) is 21.0 Å². The normalized spacial score (nSPS) is 10.1. The van der Waals surface area contributed by atoms with E-state index in [1.54, 1.807) is 12.3 Å². The summed E-state index contributed by atoms with van der Waals surface area (Å²) in [5.74, 6) is -0.200. The summed E-state index contributed by atoms with van der Waals surface area (Å²) in [4.78, 5) is 13.1. The summed E-state index contributed by atoms with van der Waals surface area (Å²) in [5, 5.41) is 7.52. The Kier molecular flexibility index (Phi) is 2.68. The number of hydrogen-bond acceptors (Lipinski definition) is 3. The van der Waals surface area contributed by atoms with Gasteiger partial charge in [0.1, 0.15) is 0 Å². The molecule has 0 unspecified atom stereocenters. The Morgan fingerprint density at radius 3 is 2.81 bits per heavy atom. The van der Waals surface area contributed by atoms with Gasteiger partial charge in [0.25, 0.3) is 5.91 Å². The Bertz CT molecular complexity index is 518. The summed E-state index contributed by atoms with van der Waals surface area (Å²) in [6.07, 6.45) is 1.65. The summed E-state index contributed by atoms with van der Waals surface area (Å²) in [6, 6.07) is 7.36. The van der Waals surface area contributed by atoms with E-state index in [1.165, 1.54) is 4.79 Å². The van der Waals surface area contributed by atoms with Crippen LogP contribution < -0.4 is 5.43 Å². The minimum Gasteiger partial charge on any atom is -0.267 e. The van der Waals surface area contributed by atoms with Crippen molar-refractivity contribution in [1.29, 1.82) is 0 Å². The molecule has 1 aromatic carbocycles. The average molecular weight is 216 g/mol. The molecule has 0 radical (unpaired) electrons. The van der Waals surface area contributed by atoms with Gasteiger partial charge in [0, 0.05) is 5.56 Å². The van der Waals surface area contributed by atoms with Gasteiger partial charge in [-0.15, -0.1) is 5.10 Å². The van der Waals surface area contributed by atoms with Crippen molar-refractivity contribution in [2.75, 3.05) is 5.43 Å². The fourth-order valence-corrected chi connectivity index (χ4v) is 1.36. The van der Waals surface area contributed by atoms with Gasteiger partial charge in [0.2, 0.25) is 0 Å². The van der Waals surface area contributed by atoms with E-state index in [0.29, 0.717) is 5.56 Å². The van der Waals surface area contributed by atoms with E-state index in [4.69, 9.17) is 0 Å². The lowest BCUT2D eigenvalue weighted by molar-refractivity contribution is 0.100. The van der Waals surface area contributed by atoms with Crippen LogP contribution in [0.15, 0.2) is 30.5 Å². The molecule has 0 fully saturated rings. The van der Waals surface area contributed by atoms with E-state index in [0.717, 1.165) is 11.3 Å². The maximum atomic E-state index is 11.8. The summed E-state index contributed by atoms with van der Waals surface area (Å²) in [7, 11) is 0. The van der Waals surface area contributed by atoms with Crippen molar-refractivity contribution >= 4 is 5.91 Å². The van der Waals surface area contributed by atoms with Crippen LogP contribution in [0.4, 0.5) is 0 Å². The molecule has 5 heteroatoms. The lowest BCUT2D eigenvalue weighted by Crippen LogP contribution is -2.23. The number of nitrogens with zero attached hydrogens (tertiary/aromatic N) is 3. The number of aromatic nitrogens is 3. The van der Waals surface area contributed by atoms with Gasteiger partial charge >= 0.3 is 0 Å². The molecule has 1 amide bonds. The topological polar surface area (TPSA) is 59.8 Å². The highest BCUT2D eigenvalue weighted by molar-refractivity contribution is 5.99. The molecule has 1 N–H and O–H groups in total. The highest BCUT2D eigenvalue weighted by Gasteiger charge is 2.06. The quantitative estimate of drug-likeness (QED) is 0.822. The number of amides is 1. The lowest BCUT2D eigenvalue weighted by atomic mass is 10.1. The van der Waals surface area contributed by atoms with Gasteiger partial charge in [0.05, 0.1) is 11.9 Å². The van der Waals surface area contributed by atoms with Crippen LogP contribution in [-0.2, 0) is 0 Å². The largest absolute Gasteiger partial charge is 0.271 e. The molecule has 1 heterocycles. The number of carbonyl (C=O) groups excluding carboxylic acids is 1. The third-order valence-corrected chi connectivity index (χ3v) is 2.10. The van der Waals surface area contributed by atoms with Crippen molar-refractivity contribution in [1.82, 2.24) is 15.1 Å². The summed E-state index contributed by atoms with van der Waals surface area (Å²) in [6.45, 7) is 3.75. The van der Waals surface area contributed by atoms with Gasteiger partial charge in [-0.25, -0.2) is 5.43 Å². The van der Waals surface area contributed by atoms with Crippen molar-refractivity contribution in [2.45, 2.75) is 13.8 Å². The van der Waals surface area contributed by atoms with Crippen molar-refractivity contribution in [2.24, 2.45) is 0 Å². The molecule has 16 heavy (non-hydrogen) atoms. The highest BCUT2D eigenvalue weighted by atomic mass is 16.2. The molecule has 0 atom stereocenters. The molecule has 0 spiro atoms. The smallest absolute Gasteiger partial charge is 0.267 e.